The third kappa shape index (κ3) is 3.04. The maximum Gasteiger partial charge on any atom is 0.236 e. The number of halogens is 1. The van der Waals surface area contributed by atoms with Crippen molar-refractivity contribution in [3.8, 4) is 11.3 Å². The van der Waals surface area contributed by atoms with Crippen LogP contribution in [0.1, 0.15) is 17.0 Å². The Morgan fingerprint density at radius 2 is 1.58 bits per heavy atom. The van der Waals surface area contributed by atoms with E-state index < -0.39 is 0 Å². The number of rotatable bonds is 3. The van der Waals surface area contributed by atoms with Crippen LogP contribution >= 0.6 is 11.6 Å². The Kier molecular flexibility index (Phi) is 4.13. The van der Waals surface area contributed by atoms with E-state index in [0.29, 0.717) is 10.8 Å². The molecule has 0 unspecified atom stereocenters. The lowest BCUT2D eigenvalue weighted by molar-refractivity contribution is 1.02. The number of fused-ring (bicyclic) bond motifs is 1. The lowest BCUT2D eigenvalue weighted by Crippen LogP contribution is -2.01. The summed E-state index contributed by atoms with van der Waals surface area (Å²) in [6.07, 6.45) is 0. The molecule has 5 heteroatoms. The van der Waals surface area contributed by atoms with Crippen LogP contribution in [0.5, 0.6) is 0 Å². The lowest BCUT2D eigenvalue weighted by atomic mass is 10.1. The van der Waals surface area contributed by atoms with Crippen molar-refractivity contribution in [2.45, 2.75) is 20.8 Å². The van der Waals surface area contributed by atoms with E-state index in [2.05, 4.69) is 58.9 Å². The summed E-state index contributed by atoms with van der Waals surface area (Å²) in [5, 5.41) is 4.21. The molecule has 0 saturated carbocycles. The van der Waals surface area contributed by atoms with E-state index >= 15 is 0 Å². The number of nitrogens with zero attached hydrogens (tertiary/aromatic N) is 3. The van der Waals surface area contributed by atoms with Gasteiger partial charge in [-0.15, -0.1) is 0 Å². The van der Waals surface area contributed by atoms with Crippen molar-refractivity contribution in [3.63, 3.8) is 0 Å². The number of hydrogen-bond acceptors (Lipinski definition) is 3. The fourth-order valence-corrected chi connectivity index (χ4v) is 3.20. The molecular formula is C21H19ClN4. The summed E-state index contributed by atoms with van der Waals surface area (Å²) < 4.78 is 2.05. The van der Waals surface area contributed by atoms with E-state index in [1.807, 2.05) is 31.2 Å². The Bertz CT molecular complexity index is 1080. The highest BCUT2D eigenvalue weighted by Crippen LogP contribution is 2.32. The average molecular weight is 363 g/mol. The molecule has 4 nitrogen and oxygen atoms in total. The first kappa shape index (κ1) is 16.6. The van der Waals surface area contributed by atoms with Crippen LogP contribution in [0.15, 0.2) is 54.6 Å². The van der Waals surface area contributed by atoms with Crippen molar-refractivity contribution in [3.05, 3.63) is 76.6 Å². The summed E-state index contributed by atoms with van der Waals surface area (Å²) >= 11 is 6.02. The van der Waals surface area contributed by atoms with E-state index in [9.17, 15) is 0 Å². The summed E-state index contributed by atoms with van der Waals surface area (Å²) in [5.41, 5.74) is 6.12. The average Bonchev–Trinajstić information content (AvgIpc) is 2.96. The van der Waals surface area contributed by atoms with Crippen molar-refractivity contribution in [1.82, 2.24) is 14.4 Å². The van der Waals surface area contributed by atoms with Crippen LogP contribution in [0.2, 0.25) is 5.02 Å². The molecule has 2 aromatic heterocycles. The maximum atomic E-state index is 6.02. The monoisotopic (exact) mass is 362 g/mol. The molecule has 0 aliphatic heterocycles. The summed E-state index contributed by atoms with van der Waals surface area (Å²) in [6, 6.07) is 18.1. The summed E-state index contributed by atoms with van der Waals surface area (Å²) in [4.78, 5) is 9.42. The zero-order valence-corrected chi connectivity index (χ0v) is 15.7. The molecule has 2 heterocycles. The van der Waals surface area contributed by atoms with Gasteiger partial charge < -0.3 is 5.32 Å². The van der Waals surface area contributed by atoms with Gasteiger partial charge in [0.15, 0.2) is 0 Å². The molecule has 130 valence electrons. The molecule has 0 aliphatic carbocycles. The van der Waals surface area contributed by atoms with Gasteiger partial charge in [0, 0.05) is 27.7 Å². The number of imidazole rings is 1. The molecule has 4 rings (SSSR count). The molecule has 26 heavy (non-hydrogen) atoms. The predicted octanol–water partition coefficient (Wildman–Crippen LogP) is 5.72. The van der Waals surface area contributed by atoms with Gasteiger partial charge in [0.05, 0.1) is 0 Å². The summed E-state index contributed by atoms with van der Waals surface area (Å²) in [7, 11) is 0. The Labute approximate surface area is 157 Å². The van der Waals surface area contributed by atoms with Gasteiger partial charge in [-0.2, -0.15) is 0 Å². The van der Waals surface area contributed by atoms with Crippen LogP contribution in [0.25, 0.3) is 17.0 Å². The second-order valence-electron chi connectivity index (χ2n) is 6.48. The largest absolute Gasteiger partial charge is 0.339 e. The molecular weight excluding hydrogens is 344 g/mol. The van der Waals surface area contributed by atoms with Crippen molar-refractivity contribution < 1.29 is 0 Å². The minimum atomic E-state index is 0.689. The fraction of sp³-hybridized carbons (Fsp3) is 0.143. The molecule has 0 aliphatic rings. The van der Waals surface area contributed by atoms with Crippen molar-refractivity contribution in [2.75, 3.05) is 5.32 Å². The number of nitrogens with one attached hydrogen (secondary N) is 1. The van der Waals surface area contributed by atoms with E-state index in [1.165, 1.54) is 5.56 Å². The third-order valence-electron chi connectivity index (χ3n) is 4.34. The topological polar surface area (TPSA) is 42.2 Å². The molecule has 0 fully saturated rings. The Morgan fingerprint density at radius 1 is 0.885 bits per heavy atom. The highest BCUT2D eigenvalue weighted by atomic mass is 35.5. The fourth-order valence-electron chi connectivity index (χ4n) is 3.07. The molecule has 1 N–H and O–H groups in total. The molecule has 0 saturated heterocycles. The van der Waals surface area contributed by atoms with Gasteiger partial charge in [-0.1, -0.05) is 41.4 Å². The van der Waals surface area contributed by atoms with E-state index in [1.54, 1.807) is 0 Å². The van der Waals surface area contributed by atoms with Gasteiger partial charge in [0.1, 0.15) is 11.5 Å². The summed E-state index contributed by atoms with van der Waals surface area (Å²) in [6.45, 7) is 6.13. The molecule has 0 amide bonds. The molecule has 4 aromatic rings. The zero-order chi connectivity index (χ0) is 18.3. The quantitative estimate of drug-likeness (QED) is 0.507. The maximum absolute atomic E-state index is 6.02. The molecule has 0 bridgehead atoms. The number of anilines is 2. The third-order valence-corrected chi connectivity index (χ3v) is 4.59. The molecule has 0 atom stereocenters. The smallest absolute Gasteiger partial charge is 0.236 e. The first-order valence-electron chi connectivity index (χ1n) is 8.47. The Balaban J connectivity index is 1.93. The number of aromatic nitrogens is 3. The van der Waals surface area contributed by atoms with Gasteiger partial charge in [0.2, 0.25) is 5.78 Å². The summed E-state index contributed by atoms with van der Waals surface area (Å²) in [5.74, 6) is 1.59. The number of benzene rings is 2. The van der Waals surface area contributed by atoms with Gasteiger partial charge in [0.25, 0.3) is 0 Å². The number of aryl methyl sites for hydroxylation is 3. The normalized spacial score (nSPS) is 11.1. The molecule has 0 radical (unpaired) electrons. The standard InChI is InChI=1S/C21H19ClN4/c1-13-4-6-16(7-5-13)19-20(24-18-10-8-17(22)9-11-18)26-15(3)12-14(2)23-21(26)25-19/h4-12,24H,1-3H3. The predicted molar refractivity (Wildman–Crippen MR) is 107 cm³/mol. The Hall–Kier alpha value is -2.85. The van der Waals surface area contributed by atoms with Crippen molar-refractivity contribution in [2.24, 2.45) is 0 Å². The van der Waals surface area contributed by atoms with E-state index in [0.717, 1.165) is 34.2 Å². The van der Waals surface area contributed by atoms with Crippen LogP contribution in [0, 0.1) is 20.8 Å². The zero-order valence-electron chi connectivity index (χ0n) is 14.9. The SMILES string of the molecule is Cc1ccc(-c2nc3nc(C)cc(C)n3c2Nc2ccc(Cl)cc2)cc1. The van der Waals surface area contributed by atoms with Crippen molar-refractivity contribution >= 4 is 28.9 Å². The second kappa shape index (κ2) is 6.46. The molecule has 2 aromatic carbocycles. The van der Waals surface area contributed by atoms with Gasteiger partial charge >= 0.3 is 0 Å². The highest BCUT2D eigenvalue weighted by molar-refractivity contribution is 6.30. The van der Waals surface area contributed by atoms with Crippen molar-refractivity contribution in [1.29, 1.82) is 0 Å². The lowest BCUT2D eigenvalue weighted by Gasteiger charge is -2.11. The Morgan fingerprint density at radius 3 is 2.27 bits per heavy atom. The minimum Gasteiger partial charge on any atom is -0.339 e. The van der Waals surface area contributed by atoms with E-state index in [-0.39, 0.29) is 0 Å². The van der Waals surface area contributed by atoms with Gasteiger partial charge in [-0.25, -0.2) is 9.97 Å². The van der Waals surface area contributed by atoms with Crippen LogP contribution < -0.4 is 5.32 Å². The van der Waals surface area contributed by atoms with Gasteiger partial charge in [-0.05, 0) is 51.1 Å². The highest BCUT2D eigenvalue weighted by Gasteiger charge is 2.17. The van der Waals surface area contributed by atoms with E-state index in [4.69, 9.17) is 16.6 Å². The number of hydrogen-bond donors (Lipinski definition) is 1. The minimum absolute atomic E-state index is 0.689. The van der Waals surface area contributed by atoms with Crippen LogP contribution in [0.4, 0.5) is 11.5 Å². The van der Waals surface area contributed by atoms with Crippen LogP contribution in [-0.4, -0.2) is 14.4 Å². The first-order valence-corrected chi connectivity index (χ1v) is 8.85. The molecule has 0 spiro atoms. The van der Waals surface area contributed by atoms with Crippen LogP contribution in [-0.2, 0) is 0 Å². The second-order valence-corrected chi connectivity index (χ2v) is 6.92. The van der Waals surface area contributed by atoms with Crippen LogP contribution in [0.3, 0.4) is 0 Å². The first-order chi connectivity index (χ1) is 12.5. The van der Waals surface area contributed by atoms with Gasteiger partial charge in [-0.3, -0.25) is 4.40 Å².